The molecule has 0 unspecified atom stereocenters. The summed E-state index contributed by atoms with van der Waals surface area (Å²) in [5.41, 5.74) is 0.574. The third kappa shape index (κ3) is 5.99. The van der Waals surface area contributed by atoms with Gasteiger partial charge >= 0.3 is 0 Å². The van der Waals surface area contributed by atoms with Gasteiger partial charge in [0.1, 0.15) is 5.82 Å². The monoisotopic (exact) mass is 512 g/mol. The number of carbonyl (C=O) groups excluding carboxylic acids is 2. The lowest BCUT2D eigenvalue weighted by atomic mass is 9.94. The number of likely N-dealkylation sites (tertiary alicyclic amines) is 1. The van der Waals surface area contributed by atoms with Crippen LogP contribution in [0.15, 0.2) is 71.7 Å². The Morgan fingerprint density at radius 2 is 1.72 bits per heavy atom. The van der Waals surface area contributed by atoms with E-state index >= 15 is 0 Å². The Hall–Kier alpha value is -3.53. The molecule has 0 bridgehead atoms. The summed E-state index contributed by atoms with van der Waals surface area (Å²) in [6.45, 7) is 1.70. The number of halogens is 2. The molecule has 36 heavy (non-hydrogen) atoms. The van der Waals surface area contributed by atoms with Crippen LogP contribution in [0.1, 0.15) is 0 Å². The molecule has 8 nitrogen and oxygen atoms in total. The van der Waals surface area contributed by atoms with E-state index in [4.69, 9.17) is 16.3 Å². The Bertz CT molecular complexity index is 1300. The molecule has 2 aromatic carbocycles. The highest BCUT2D eigenvalue weighted by Crippen LogP contribution is 2.28. The van der Waals surface area contributed by atoms with Gasteiger partial charge in [0.15, 0.2) is 0 Å². The molecule has 0 spiro atoms. The first-order chi connectivity index (χ1) is 17.4. The van der Waals surface area contributed by atoms with Crippen molar-refractivity contribution in [3.8, 4) is 5.69 Å². The van der Waals surface area contributed by atoms with Crippen LogP contribution in [-0.2, 0) is 14.3 Å². The third-order valence-corrected chi connectivity index (χ3v) is 6.36. The number of nitrogens with one attached hydrogen (secondary N) is 2. The normalized spacial score (nSPS) is 17.6. The number of aromatic nitrogens is 1. The number of hydrogen-bond donors (Lipinski definition) is 2. The summed E-state index contributed by atoms with van der Waals surface area (Å²) < 4.78 is 21.3. The largest absolute Gasteiger partial charge is 0.383 e. The maximum absolute atomic E-state index is 14.9. The average Bonchev–Trinajstić information content (AvgIpc) is 3.30. The van der Waals surface area contributed by atoms with E-state index in [-0.39, 0.29) is 17.2 Å². The van der Waals surface area contributed by atoms with Gasteiger partial charge in [-0.15, -0.1) is 0 Å². The molecule has 1 aromatic heterocycles. The van der Waals surface area contributed by atoms with E-state index in [1.807, 2.05) is 4.90 Å². The Balaban J connectivity index is 1.50. The SMILES string of the molecule is COCCN1C[C@H](C(=O)Nc2ccc(Cl)cc2)[C@@H](C(=O)Nc2ccc(-n3ccccc3=O)cc2F)C1. The highest BCUT2D eigenvalue weighted by Gasteiger charge is 2.41. The lowest BCUT2D eigenvalue weighted by Crippen LogP contribution is -2.35. The van der Waals surface area contributed by atoms with Crippen molar-refractivity contribution in [2.24, 2.45) is 11.8 Å². The minimum atomic E-state index is -0.704. The maximum atomic E-state index is 14.9. The average molecular weight is 513 g/mol. The van der Waals surface area contributed by atoms with Crippen molar-refractivity contribution in [3.63, 3.8) is 0 Å². The predicted octanol–water partition coefficient (Wildman–Crippen LogP) is 3.40. The minimum Gasteiger partial charge on any atom is -0.383 e. The van der Waals surface area contributed by atoms with Crippen molar-refractivity contribution in [3.05, 3.63) is 88.1 Å². The van der Waals surface area contributed by atoms with Gasteiger partial charge in [0, 0.05) is 55.8 Å². The molecule has 1 saturated heterocycles. The second-order valence-corrected chi connectivity index (χ2v) is 8.96. The summed E-state index contributed by atoms with van der Waals surface area (Å²) in [5.74, 6) is -2.81. The van der Waals surface area contributed by atoms with E-state index in [9.17, 15) is 18.8 Å². The molecule has 2 atom stereocenters. The Morgan fingerprint density at radius 3 is 2.36 bits per heavy atom. The number of rotatable bonds is 8. The molecule has 0 saturated carbocycles. The Kier molecular flexibility index (Phi) is 8.14. The molecule has 4 rings (SSSR count). The van der Waals surface area contributed by atoms with E-state index in [1.165, 1.54) is 29.0 Å². The van der Waals surface area contributed by atoms with E-state index in [2.05, 4.69) is 10.6 Å². The van der Waals surface area contributed by atoms with Gasteiger partial charge in [-0.1, -0.05) is 17.7 Å². The Morgan fingerprint density at radius 1 is 1.03 bits per heavy atom. The first kappa shape index (κ1) is 25.6. The van der Waals surface area contributed by atoms with Crippen molar-refractivity contribution in [2.45, 2.75) is 0 Å². The standard InChI is InChI=1S/C26H26ClFN4O4/c1-36-13-12-31-15-20(25(34)29-18-7-5-17(27)6-8-18)21(16-31)26(35)30-23-10-9-19(14-22(23)28)32-11-3-2-4-24(32)33/h2-11,14,20-21H,12-13,15-16H2,1H3,(H,29,34)(H,30,35)/t20-,21-/m0/s1. The van der Waals surface area contributed by atoms with E-state index in [0.29, 0.717) is 42.6 Å². The molecule has 2 heterocycles. The molecular weight excluding hydrogens is 487 g/mol. The van der Waals surface area contributed by atoms with Gasteiger partial charge in [-0.25, -0.2) is 4.39 Å². The number of anilines is 2. The summed E-state index contributed by atoms with van der Waals surface area (Å²) in [6, 6.07) is 15.5. The van der Waals surface area contributed by atoms with Crippen molar-refractivity contribution >= 4 is 34.8 Å². The van der Waals surface area contributed by atoms with Crippen LogP contribution in [-0.4, -0.2) is 54.6 Å². The highest BCUT2D eigenvalue weighted by atomic mass is 35.5. The predicted molar refractivity (Wildman–Crippen MR) is 136 cm³/mol. The number of pyridine rings is 1. The maximum Gasteiger partial charge on any atom is 0.255 e. The van der Waals surface area contributed by atoms with Crippen molar-refractivity contribution in [2.75, 3.05) is 44.0 Å². The van der Waals surface area contributed by atoms with Crippen molar-refractivity contribution in [1.29, 1.82) is 0 Å². The number of carbonyl (C=O) groups is 2. The quantitative estimate of drug-likeness (QED) is 0.482. The second kappa shape index (κ2) is 11.5. The van der Waals surface area contributed by atoms with Crippen LogP contribution in [0, 0.1) is 17.7 Å². The zero-order valence-electron chi connectivity index (χ0n) is 19.6. The van der Waals surface area contributed by atoms with Gasteiger partial charge in [0.05, 0.1) is 29.8 Å². The summed E-state index contributed by atoms with van der Waals surface area (Å²) in [6.07, 6.45) is 1.53. The minimum absolute atomic E-state index is 0.0278. The van der Waals surface area contributed by atoms with E-state index in [1.54, 1.807) is 49.6 Å². The van der Waals surface area contributed by atoms with Crippen molar-refractivity contribution in [1.82, 2.24) is 9.47 Å². The zero-order valence-corrected chi connectivity index (χ0v) is 20.4. The lowest BCUT2D eigenvalue weighted by Gasteiger charge is -2.18. The summed E-state index contributed by atoms with van der Waals surface area (Å²) in [5, 5.41) is 6.00. The summed E-state index contributed by atoms with van der Waals surface area (Å²) in [7, 11) is 1.58. The van der Waals surface area contributed by atoms with Crippen LogP contribution in [0.5, 0.6) is 0 Å². The van der Waals surface area contributed by atoms with Crippen LogP contribution < -0.4 is 16.2 Å². The van der Waals surface area contributed by atoms with Gasteiger partial charge in [-0.3, -0.25) is 23.9 Å². The first-order valence-electron chi connectivity index (χ1n) is 11.4. The van der Waals surface area contributed by atoms with Crippen LogP contribution in [0.3, 0.4) is 0 Å². The molecule has 2 amide bonds. The highest BCUT2D eigenvalue weighted by molar-refractivity contribution is 6.30. The topological polar surface area (TPSA) is 92.7 Å². The third-order valence-electron chi connectivity index (χ3n) is 6.10. The smallest absolute Gasteiger partial charge is 0.255 e. The number of methoxy groups -OCH3 is 1. The van der Waals surface area contributed by atoms with Crippen LogP contribution in [0.25, 0.3) is 5.69 Å². The number of hydrogen-bond acceptors (Lipinski definition) is 5. The van der Waals surface area contributed by atoms with Crippen LogP contribution in [0.2, 0.25) is 5.02 Å². The molecule has 3 aromatic rings. The van der Waals surface area contributed by atoms with Gasteiger partial charge in [0.2, 0.25) is 11.8 Å². The first-order valence-corrected chi connectivity index (χ1v) is 11.8. The molecule has 1 aliphatic heterocycles. The Labute approximate surface area is 212 Å². The number of ether oxygens (including phenoxy) is 1. The molecule has 188 valence electrons. The van der Waals surface area contributed by atoms with Gasteiger partial charge in [-0.2, -0.15) is 0 Å². The molecule has 1 aliphatic rings. The number of nitrogens with zero attached hydrogens (tertiary/aromatic N) is 2. The molecule has 1 fully saturated rings. The van der Waals surface area contributed by atoms with Gasteiger partial charge in [0.25, 0.3) is 5.56 Å². The van der Waals surface area contributed by atoms with Crippen LogP contribution in [0.4, 0.5) is 15.8 Å². The van der Waals surface area contributed by atoms with Gasteiger partial charge in [-0.05, 0) is 42.5 Å². The van der Waals surface area contributed by atoms with Gasteiger partial charge < -0.3 is 15.4 Å². The number of benzene rings is 2. The fourth-order valence-electron chi connectivity index (χ4n) is 4.21. The molecule has 0 radical (unpaired) electrons. The fourth-order valence-corrected chi connectivity index (χ4v) is 4.34. The summed E-state index contributed by atoms with van der Waals surface area (Å²) >= 11 is 5.92. The molecule has 2 N–H and O–H groups in total. The number of amides is 2. The van der Waals surface area contributed by atoms with Crippen LogP contribution >= 0.6 is 11.6 Å². The van der Waals surface area contributed by atoms with Crippen molar-refractivity contribution < 1.29 is 18.7 Å². The molecule has 0 aliphatic carbocycles. The van der Waals surface area contributed by atoms with E-state index in [0.717, 1.165) is 0 Å². The van der Waals surface area contributed by atoms with E-state index < -0.39 is 23.6 Å². The molecular formula is C26H26ClFN4O4. The fraction of sp³-hybridized carbons (Fsp3) is 0.269. The zero-order chi connectivity index (χ0) is 25.7. The lowest BCUT2D eigenvalue weighted by molar-refractivity contribution is -0.127. The second-order valence-electron chi connectivity index (χ2n) is 8.52. The molecule has 10 heteroatoms. The summed E-state index contributed by atoms with van der Waals surface area (Å²) in [4.78, 5) is 40.3.